The number of aliphatic carboxylic acids is 1. The first-order valence-electron chi connectivity index (χ1n) is 4.67. The number of carboxylic acids is 1. The third-order valence-electron chi connectivity index (χ3n) is 2.05. The van der Waals surface area contributed by atoms with Crippen LogP contribution in [0.4, 0.5) is 0 Å². The highest BCUT2D eigenvalue weighted by molar-refractivity contribution is 8.01. The predicted molar refractivity (Wildman–Crippen MR) is 69.2 cm³/mol. The smallest absolute Gasteiger partial charge is 0.319 e. The number of rotatable bonds is 4. The Morgan fingerprint density at radius 3 is 2.25 bits per heavy atom. The second kappa shape index (κ2) is 6.13. The molecule has 16 heavy (non-hydrogen) atoms. The van der Waals surface area contributed by atoms with Crippen molar-refractivity contribution in [2.24, 2.45) is 5.73 Å². The minimum atomic E-state index is -0.810. The van der Waals surface area contributed by atoms with Gasteiger partial charge >= 0.3 is 5.97 Å². The molecule has 0 saturated heterocycles. The van der Waals surface area contributed by atoms with E-state index in [1.165, 1.54) is 11.8 Å². The van der Waals surface area contributed by atoms with Gasteiger partial charge in [0.2, 0.25) is 0 Å². The fraction of sp³-hybridized carbons (Fsp3) is 0.364. The highest BCUT2D eigenvalue weighted by Gasteiger charge is 2.28. The maximum absolute atomic E-state index is 10.9. The number of carboxylic acid groups (broad SMARTS) is 1. The first kappa shape index (κ1) is 15.3. The van der Waals surface area contributed by atoms with Crippen LogP contribution in [0.2, 0.25) is 0 Å². The zero-order valence-electron chi connectivity index (χ0n) is 9.27. The lowest BCUT2D eigenvalue weighted by atomic mass is 10.2. The highest BCUT2D eigenvalue weighted by atomic mass is 35.5. The van der Waals surface area contributed by atoms with E-state index in [0.717, 1.165) is 10.5 Å². The average Bonchev–Trinajstić information content (AvgIpc) is 2.18. The molecule has 1 aromatic rings. The fourth-order valence-corrected chi connectivity index (χ4v) is 1.98. The van der Waals surface area contributed by atoms with Crippen LogP contribution in [0, 0.1) is 0 Å². The van der Waals surface area contributed by atoms with Crippen LogP contribution in [0.1, 0.15) is 19.4 Å². The average molecular weight is 262 g/mol. The van der Waals surface area contributed by atoms with Gasteiger partial charge in [-0.25, -0.2) is 0 Å². The Balaban J connectivity index is 0.00000225. The number of nitrogens with two attached hydrogens (primary N) is 1. The molecule has 0 spiro atoms. The van der Waals surface area contributed by atoms with Crippen LogP contribution in [0.25, 0.3) is 0 Å². The van der Waals surface area contributed by atoms with Crippen molar-refractivity contribution in [3.05, 3.63) is 29.8 Å². The van der Waals surface area contributed by atoms with Crippen LogP contribution in [-0.2, 0) is 11.3 Å². The number of hydrogen-bond acceptors (Lipinski definition) is 3. The van der Waals surface area contributed by atoms with Crippen LogP contribution in [0.3, 0.4) is 0 Å². The van der Waals surface area contributed by atoms with Crippen molar-refractivity contribution < 1.29 is 9.90 Å². The topological polar surface area (TPSA) is 63.3 Å². The van der Waals surface area contributed by atoms with E-state index in [-0.39, 0.29) is 12.4 Å². The van der Waals surface area contributed by atoms with Crippen LogP contribution >= 0.6 is 24.2 Å². The molecule has 90 valence electrons. The maximum atomic E-state index is 10.9. The molecule has 0 aliphatic rings. The number of benzene rings is 1. The lowest BCUT2D eigenvalue weighted by Crippen LogP contribution is -2.26. The first-order chi connectivity index (χ1) is 6.95. The van der Waals surface area contributed by atoms with Crippen LogP contribution in [0.5, 0.6) is 0 Å². The summed E-state index contributed by atoms with van der Waals surface area (Å²) >= 11 is 1.33. The molecular formula is C11H16ClNO2S. The molecule has 0 atom stereocenters. The van der Waals surface area contributed by atoms with Gasteiger partial charge in [-0.3, -0.25) is 4.79 Å². The zero-order valence-corrected chi connectivity index (χ0v) is 10.9. The molecule has 0 fully saturated rings. The molecule has 0 radical (unpaired) electrons. The molecule has 3 nitrogen and oxygen atoms in total. The third kappa shape index (κ3) is 4.04. The molecule has 0 amide bonds. The summed E-state index contributed by atoms with van der Waals surface area (Å²) in [5.74, 6) is -0.810. The fourth-order valence-electron chi connectivity index (χ4n) is 1.03. The Morgan fingerprint density at radius 1 is 1.38 bits per heavy atom. The summed E-state index contributed by atoms with van der Waals surface area (Å²) in [5, 5.41) is 8.96. The molecule has 0 unspecified atom stereocenters. The number of carbonyl (C=O) groups is 1. The van der Waals surface area contributed by atoms with E-state index in [1.807, 2.05) is 24.3 Å². The van der Waals surface area contributed by atoms with Crippen molar-refractivity contribution >= 4 is 30.1 Å². The van der Waals surface area contributed by atoms with E-state index in [4.69, 9.17) is 10.8 Å². The number of thioether (sulfide) groups is 1. The van der Waals surface area contributed by atoms with Crippen LogP contribution in [-0.4, -0.2) is 15.8 Å². The van der Waals surface area contributed by atoms with Gasteiger partial charge in [0.1, 0.15) is 4.75 Å². The molecular weight excluding hydrogens is 246 g/mol. The quantitative estimate of drug-likeness (QED) is 0.818. The van der Waals surface area contributed by atoms with Crippen molar-refractivity contribution in [1.29, 1.82) is 0 Å². The van der Waals surface area contributed by atoms with E-state index in [1.54, 1.807) is 13.8 Å². The van der Waals surface area contributed by atoms with Crippen LogP contribution in [0.15, 0.2) is 29.2 Å². The van der Waals surface area contributed by atoms with E-state index in [0.29, 0.717) is 6.54 Å². The minimum absolute atomic E-state index is 0. The molecule has 0 aromatic heterocycles. The van der Waals surface area contributed by atoms with Crippen molar-refractivity contribution in [2.45, 2.75) is 30.0 Å². The Bertz CT molecular complexity index is 352. The van der Waals surface area contributed by atoms with Gasteiger partial charge in [-0.2, -0.15) is 0 Å². The molecule has 0 aliphatic heterocycles. The van der Waals surface area contributed by atoms with E-state index < -0.39 is 10.7 Å². The highest BCUT2D eigenvalue weighted by Crippen LogP contribution is 2.32. The summed E-state index contributed by atoms with van der Waals surface area (Å²) in [6.45, 7) is 3.89. The van der Waals surface area contributed by atoms with Gasteiger partial charge in [-0.1, -0.05) is 12.1 Å². The molecule has 5 heteroatoms. The lowest BCUT2D eigenvalue weighted by Gasteiger charge is -2.18. The first-order valence-corrected chi connectivity index (χ1v) is 5.49. The Hall–Kier alpha value is -0.710. The maximum Gasteiger partial charge on any atom is 0.319 e. The SMILES string of the molecule is CC(C)(Sc1ccc(CN)cc1)C(=O)O.Cl. The Kier molecular flexibility index (Phi) is 5.86. The monoisotopic (exact) mass is 261 g/mol. The largest absolute Gasteiger partial charge is 0.480 e. The number of halogens is 1. The summed E-state index contributed by atoms with van der Waals surface area (Å²) < 4.78 is -0.801. The second-order valence-electron chi connectivity index (χ2n) is 3.77. The lowest BCUT2D eigenvalue weighted by molar-refractivity contribution is -0.138. The van der Waals surface area contributed by atoms with Crippen LogP contribution < -0.4 is 5.73 Å². The van der Waals surface area contributed by atoms with Gasteiger partial charge in [0.25, 0.3) is 0 Å². The van der Waals surface area contributed by atoms with Gasteiger partial charge in [0.05, 0.1) is 0 Å². The minimum Gasteiger partial charge on any atom is -0.480 e. The van der Waals surface area contributed by atoms with Gasteiger partial charge in [-0.05, 0) is 31.5 Å². The van der Waals surface area contributed by atoms with Crippen molar-refractivity contribution in [3.63, 3.8) is 0 Å². The van der Waals surface area contributed by atoms with Crippen molar-refractivity contribution in [3.8, 4) is 0 Å². The zero-order chi connectivity index (χ0) is 11.5. The number of hydrogen-bond donors (Lipinski definition) is 2. The summed E-state index contributed by atoms with van der Waals surface area (Å²) in [5.41, 5.74) is 6.52. The standard InChI is InChI=1S/C11H15NO2S.ClH/c1-11(2,10(13)14)15-9-5-3-8(7-12)4-6-9;/h3-6H,7,12H2,1-2H3,(H,13,14);1H. The summed E-state index contributed by atoms with van der Waals surface area (Å²) in [6.07, 6.45) is 0. The molecule has 0 bridgehead atoms. The van der Waals surface area contributed by atoms with Gasteiger partial charge < -0.3 is 10.8 Å². The van der Waals surface area contributed by atoms with E-state index in [2.05, 4.69) is 0 Å². The Morgan fingerprint density at radius 2 is 1.88 bits per heavy atom. The van der Waals surface area contributed by atoms with Gasteiger partial charge in [-0.15, -0.1) is 24.2 Å². The predicted octanol–water partition coefficient (Wildman–Crippen LogP) is 2.52. The summed E-state index contributed by atoms with van der Waals surface area (Å²) in [4.78, 5) is 11.9. The third-order valence-corrected chi connectivity index (χ3v) is 3.24. The van der Waals surface area contributed by atoms with Crippen molar-refractivity contribution in [2.75, 3.05) is 0 Å². The molecule has 1 aromatic carbocycles. The normalized spacial score (nSPS) is 10.7. The molecule has 0 saturated carbocycles. The van der Waals surface area contributed by atoms with Crippen molar-refractivity contribution in [1.82, 2.24) is 0 Å². The van der Waals surface area contributed by atoms with E-state index >= 15 is 0 Å². The second-order valence-corrected chi connectivity index (χ2v) is 5.46. The summed E-state index contributed by atoms with van der Waals surface area (Å²) in [6, 6.07) is 7.63. The molecule has 3 N–H and O–H groups in total. The molecule has 0 aliphatic carbocycles. The molecule has 0 heterocycles. The molecule has 1 rings (SSSR count). The van der Waals surface area contributed by atoms with Gasteiger partial charge in [0.15, 0.2) is 0 Å². The van der Waals surface area contributed by atoms with E-state index in [9.17, 15) is 4.79 Å². The summed E-state index contributed by atoms with van der Waals surface area (Å²) in [7, 11) is 0. The van der Waals surface area contributed by atoms with Gasteiger partial charge in [0, 0.05) is 11.4 Å². The Labute approximate surface area is 106 Å².